The van der Waals surface area contributed by atoms with E-state index >= 15 is 0 Å². The monoisotopic (exact) mass is 148 g/mol. The molecule has 0 aromatic heterocycles. The standard InChI is InChI=1S/C5H10NO2S/c1-9-4-2-3-6-5(7)8/h2-4H2,1H3,(H,7,8). The zero-order valence-corrected chi connectivity index (χ0v) is 6.15. The molecule has 0 aliphatic carbocycles. The number of nitrogens with zero attached hydrogens (tertiary/aromatic N) is 1. The Balaban J connectivity index is 2.83. The first-order valence-corrected chi connectivity index (χ1v) is 4.06. The van der Waals surface area contributed by atoms with E-state index in [0.29, 0.717) is 6.54 Å². The van der Waals surface area contributed by atoms with Crippen LogP contribution < -0.4 is 5.32 Å². The third-order valence-corrected chi connectivity index (χ3v) is 1.45. The molecule has 0 saturated heterocycles. The van der Waals surface area contributed by atoms with E-state index in [2.05, 4.69) is 5.32 Å². The number of hydrogen-bond donors (Lipinski definition) is 1. The largest absolute Gasteiger partial charge is 0.464 e. The van der Waals surface area contributed by atoms with Gasteiger partial charge in [0.25, 0.3) is 0 Å². The van der Waals surface area contributed by atoms with Crippen molar-refractivity contribution in [2.75, 3.05) is 18.6 Å². The maximum absolute atomic E-state index is 9.79. The van der Waals surface area contributed by atoms with Gasteiger partial charge in [-0.25, -0.2) is 10.1 Å². The Labute approximate surface area is 58.8 Å². The molecule has 53 valence electrons. The van der Waals surface area contributed by atoms with E-state index in [1.165, 1.54) is 0 Å². The van der Waals surface area contributed by atoms with Crippen molar-refractivity contribution in [2.45, 2.75) is 6.42 Å². The van der Waals surface area contributed by atoms with Crippen LogP contribution in [0, 0.1) is 0 Å². The van der Waals surface area contributed by atoms with Gasteiger partial charge in [0.15, 0.2) is 0 Å². The van der Waals surface area contributed by atoms with Crippen molar-refractivity contribution in [1.29, 1.82) is 0 Å². The molecule has 1 N–H and O–H groups in total. The summed E-state index contributed by atoms with van der Waals surface area (Å²) in [5.74, 6) is 0.983. The average molecular weight is 148 g/mol. The number of carboxylic acid groups (broad SMARTS) is 1. The van der Waals surface area contributed by atoms with Gasteiger partial charge < -0.3 is 5.11 Å². The molecule has 1 radical (unpaired) electrons. The lowest BCUT2D eigenvalue weighted by molar-refractivity contribution is 0.193. The number of hydrogen-bond acceptors (Lipinski definition) is 2. The molecule has 0 aromatic carbocycles. The van der Waals surface area contributed by atoms with Crippen LogP contribution in [0.3, 0.4) is 0 Å². The van der Waals surface area contributed by atoms with Crippen molar-refractivity contribution in [3.8, 4) is 0 Å². The second-order valence-electron chi connectivity index (χ2n) is 1.51. The van der Waals surface area contributed by atoms with Crippen molar-refractivity contribution in [2.24, 2.45) is 0 Å². The quantitative estimate of drug-likeness (QED) is 0.605. The van der Waals surface area contributed by atoms with E-state index in [1.807, 2.05) is 6.26 Å². The summed E-state index contributed by atoms with van der Waals surface area (Å²) in [5.41, 5.74) is 0. The smallest absolute Gasteiger partial charge is 0.426 e. The molecule has 0 aliphatic rings. The van der Waals surface area contributed by atoms with E-state index in [9.17, 15) is 4.79 Å². The third-order valence-electron chi connectivity index (χ3n) is 0.754. The second-order valence-corrected chi connectivity index (χ2v) is 2.50. The van der Waals surface area contributed by atoms with E-state index in [0.717, 1.165) is 12.2 Å². The first kappa shape index (κ1) is 8.62. The van der Waals surface area contributed by atoms with Crippen molar-refractivity contribution in [3.63, 3.8) is 0 Å². The van der Waals surface area contributed by atoms with Crippen LogP contribution in [-0.2, 0) is 0 Å². The number of amides is 1. The van der Waals surface area contributed by atoms with Crippen LogP contribution in [-0.4, -0.2) is 29.8 Å². The summed E-state index contributed by atoms with van der Waals surface area (Å²) in [6.07, 6.45) is 1.78. The summed E-state index contributed by atoms with van der Waals surface area (Å²) < 4.78 is 0. The first-order chi connectivity index (χ1) is 4.27. The van der Waals surface area contributed by atoms with Gasteiger partial charge in [-0.2, -0.15) is 11.8 Å². The molecule has 0 rings (SSSR count). The molecule has 3 nitrogen and oxygen atoms in total. The molecule has 0 saturated carbocycles. The van der Waals surface area contributed by atoms with Crippen molar-refractivity contribution < 1.29 is 9.90 Å². The molecule has 0 aromatic rings. The SMILES string of the molecule is CSCCC[N]C(=O)O. The highest BCUT2D eigenvalue weighted by Crippen LogP contribution is 1.93. The number of rotatable bonds is 4. The Morgan fingerprint density at radius 2 is 2.44 bits per heavy atom. The summed E-state index contributed by atoms with van der Waals surface area (Å²) in [4.78, 5) is 9.79. The van der Waals surface area contributed by atoms with Crippen LogP contribution in [0.1, 0.15) is 6.42 Å². The van der Waals surface area contributed by atoms with Gasteiger partial charge in [-0.3, -0.25) is 0 Å². The second kappa shape index (κ2) is 5.75. The highest BCUT2D eigenvalue weighted by Gasteiger charge is 1.93. The van der Waals surface area contributed by atoms with Crippen LogP contribution >= 0.6 is 11.8 Å². The number of carbonyl (C=O) groups is 1. The Morgan fingerprint density at radius 3 is 2.89 bits per heavy atom. The summed E-state index contributed by atoms with van der Waals surface area (Å²) in [6.45, 7) is 0.441. The zero-order chi connectivity index (χ0) is 7.11. The fourth-order valence-corrected chi connectivity index (χ4v) is 0.801. The fourth-order valence-electron chi connectivity index (χ4n) is 0.384. The summed E-state index contributed by atoms with van der Waals surface area (Å²) in [7, 11) is 0. The van der Waals surface area contributed by atoms with Crippen molar-refractivity contribution >= 4 is 17.9 Å². The van der Waals surface area contributed by atoms with Gasteiger partial charge in [0, 0.05) is 6.54 Å². The predicted octanol–water partition coefficient (Wildman–Crippen LogP) is 1.02. The Morgan fingerprint density at radius 1 is 1.78 bits per heavy atom. The van der Waals surface area contributed by atoms with E-state index in [4.69, 9.17) is 5.11 Å². The molecular weight excluding hydrogens is 138 g/mol. The van der Waals surface area contributed by atoms with Crippen LogP contribution in [0.25, 0.3) is 0 Å². The summed E-state index contributed by atoms with van der Waals surface area (Å²) in [5, 5.41) is 11.3. The molecule has 0 aliphatic heterocycles. The van der Waals surface area contributed by atoms with Gasteiger partial charge in [0.2, 0.25) is 0 Å². The van der Waals surface area contributed by atoms with Gasteiger partial charge in [-0.05, 0) is 18.4 Å². The van der Waals surface area contributed by atoms with Crippen LogP contribution in [0.4, 0.5) is 4.79 Å². The van der Waals surface area contributed by atoms with E-state index < -0.39 is 6.09 Å². The lowest BCUT2D eigenvalue weighted by Crippen LogP contribution is -2.13. The van der Waals surface area contributed by atoms with E-state index in [-0.39, 0.29) is 0 Å². The first-order valence-electron chi connectivity index (χ1n) is 2.66. The highest BCUT2D eigenvalue weighted by atomic mass is 32.2. The maximum Gasteiger partial charge on any atom is 0.426 e. The normalized spacial score (nSPS) is 9.00. The molecule has 0 spiro atoms. The summed E-state index contributed by atoms with van der Waals surface area (Å²) in [6, 6.07) is 0. The van der Waals surface area contributed by atoms with Gasteiger partial charge in [0.05, 0.1) is 0 Å². The van der Waals surface area contributed by atoms with Gasteiger partial charge in [0.1, 0.15) is 0 Å². The molecule has 0 heterocycles. The van der Waals surface area contributed by atoms with Crippen LogP contribution in [0.15, 0.2) is 0 Å². The van der Waals surface area contributed by atoms with Gasteiger partial charge in [-0.1, -0.05) is 0 Å². The predicted molar refractivity (Wildman–Crippen MR) is 38.0 cm³/mol. The van der Waals surface area contributed by atoms with Gasteiger partial charge >= 0.3 is 6.09 Å². The fraction of sp³-hybridized carbons (Fsp3) is 0.800. The molecule has 4 heteroatoms. The maximum atomic E-state index is 9.79. The zero-order valence-electron chi connectivity index (χ0n) is 5.33. The molecule has 0 fully saturated rings. The topological polar surface area (TPSA) is 51.4 Å². The molecule has 0 bridgehead atoms. The van der Waals surface area contributed by atoms with Gasteiger partial charge in [-0.15, -0.1) is 0 Å². The Kier molecular flexibility index (Phi) is 5.51. The lowest BCUT2D eigenvalue weighted by Gasteiger charge is -1.93. The van der Waals surface area contributed by atoms with Crippen LogP contribution in [0.2, 0.25) is 0 Å². The van der Waals surface area contributed by atoms with Crippen LogP contribution in [0.5, 0.6) is 0 Å². The Bertz CT molecular complexity index is 87.0. The minimum atomic E-state index is -1.06. The van der Waals surface area contributed by atoms with Crippen molar-refractivity contribution in [1.82, 2.24) is 5.32 Å². The van der Waals surface area contributed by atoms with Crippen molar-refractivity contribution in [3.05, 3.63) is 0 Å². The summed E-state index contributed by atoms with van der Waals surface area (Å²) >= 11 is 1.70. The minimum Gasteiger partial charge on any atom is -0.464 e. The number of thioether (sulfide) groups is 1. The Hall–Kier alpha value is -0.380. The third kappa shape index (κ3) is 7.62. The molecule has 0 unspecified atom stereocenters. The molecule has 1 amide bonds. The van der Waals surface area contributed by atoms with E-state index in [1.54, 1.807) is 11.8 Å². The lowest BCUT2D eigenvalue weighted by atomic mass is 10.5. The molecule has 9 heavy (non-hydrogen) atoms. The average Bonchev–Trinajstić information content (AvgIpc) is 1.80. The highest BCUT2D eigenvalue weighted by molar-refractivity contribution is 7.98. The minimum absolute atomic E-state index is 0.441. The molecular formula is C5H10NO2S. The molecule has 0 atom stereocenters.